The van der Waals surface area contributed by atoms with Crippen molar-refractivity contribution in [1.29, 1.82) is 0 Å². The monoisotopic (exact) mass is 366 g/mol. The van der Waals surface area contributed by atoms with Gasteiger partial charge in [0.25, 0.3) is 5.91 Å². The van der Waals surface area contributed by atoms with Crippen molar-refractivity contribution in [3.63, 3.8) is 0 Å². The number of anilines is 1. The average molecular weight is 367 g/mol. The molecule has 0 aliphatic carbocycles. The maximum absolute atomic E-state index is 12.4. The summed E-state index contributed by atoms with van der Waals surface area (Å²) >= 11 is 5.97. The van der Waals surface area contributed by atoms with Gasteiger partial charge in [-0.25, -0.2) is 4.98 Å². The molecule has 26 heavy (non-hydrogen) atoms. The molecule has 0 unspecified atom stereocenters. The maximum Gasteiger partial charge on any atom is 0.255 e. The Kier molecular flexibility index (Phi) is 5.24. The average Bonchev–Trinajstić information content (AvgIpc) is 2.59. The van der Waals surface area contributed by atoms with Crippen LogP contribution in [-0.2, 0) is 0 Å². The molecular formula is C21H19ClN2O2. The Morgan fingerprint density at radius 2 is 1.77 bits per heavy atom. The van der Waals surface area contributed by atoms with Gasteiger partial charge in [0.1, 0.15) is 5.75 Å². The first-order valence-corrected chi connectivity index (χ1v) is 8.59. The molecular weight excluding hydrogens is 348 g/mol. The lowest BCUT2D eigenvalue weighted by atomic mass is 10.1. The molecule has 0 saturated heterocycles. The highest BCUT2D eigenvalue weighted by Gasteiger charge is 2.11. The van der Waals surface area contributed by atoms with E-state index in [2.05, 4.69) is 10.3 Å². The number of carbonyl (C=O) groups is 1. The lowest BCUT2D eigenvalue weighted by Crippen LogP contribution is -2.13. The standard InChI is InChI=1S/C21H19ClN2O2/c1-13-6-4-5-7-18(13)20(25)24-17-11-15(3)21(23-12-17)26-19-9-8-16(22)10-14(19)2/h4-12H,1-3H3,(H,24,25). The second kappa shape index (κ2) is 7.58. The highest BCUT2D eigenvalue weighted by molar-refractivity contribution is 6.30. The maximum atomic E-state index is 12.4. The van der Waals surface area contributed by atoms with Crippen molar-refractivity contribution >= 4 is 23.2 Å². The van der Waals surface area contributed by atoms with Crippen molar-refractivity contribution in [2.75, 3.05) is 5.32 Å². The third kappa shape index (κ3) is 4.03. The lowest BCUT2D eigenvalue weighted by Gasteiger charge is -2.12. The van der Waals surface area contributed by atoms with Crippen LogP contribution in [-0.4, -0.2) is 10.9 Å². The number of nitrogens with zero attached hydrogens (tertiary/aromatic N) is 1. The zero-order valence-electron chi connectivity index (χ0n) is 14.8. The number of nitrogens with one attached hydrogen (secondary N) is 1. The van der Waals surface area contributed by atoms with Gasteiger partial charge >= 0.3 is 0 Å². The number of rotatable bonds is 4. The van der Waals surface area contributed by atoms with Gasteiger partial charge in [0.05, 0.1) is 11.9 Å². The van der Waals surface area contributed by atoms with Crippen LogP contribution < -0.4 is 10.1 Å². The normalized spacial score (nSPS) is 10.5. The molecule has 1 N–H and O–H groups in total. The molecule has 5 heteroatoms. The summed E-state index contributed by atoms with van der Waals surface area (Å²) in [6, 6.07) is 14.7. The number of aryl methyl sites for hydroxylation is 3. The number of amides is 1. The van der Waals surface area contributed by atoms with E-state index in [0.29, 0.717) is 27.9 Å². The van der Waals surface area contributed by atoms with Gasteiger partial charge in [-0.15, -0.1) is 0 Å². The number of hydrogen-bond acceptors (Lipinski definition) is 3. The van der Waals surface area contributed by atoms with Crippen molar-refractivity contribution in [2.45, 2.75) is 20.8 Å². The van der Waals surface area contributed by atoms with Crippen LogP contribution in [0.3, 0.4) is 0 Å². The van der Waals surface area contributed by atoms with E-state index in [4.69, 9.17) is 16.3 Å². The summed E-state index contributed by atoms with van der Waals surface area (Å²) in [6.07, 6.45) is 1.59. The minimum Gasteiger partial charge on any atom is -0.438 e. The van der Waals surface area contributed by atoms with Gasteiger partial charge in [-0.05, 0) is 62.2 Å². The zero-order valence-corrected chi connectivity index (χ0v) is 15.6. The van der Waals surface area contributed by atoms with Crippen LogP contribution in [0.15, 0.2) is 54.7 Å². The summed E-state index contributed by atoms with van der Waals surface area (Å²) < 4.78 is 5.88. The molecule has 0 atom stereocenters. The van der Waals surface area contributed by atoms with Gasteiger partial charge in [-0.3, -0.25) is 4.79 Å². The van der Waals surface area contributed by atoms with Gasteiger partial charge in [-0.2, -0.15) is 0 Å². The molecule has 0 radical (unpaired) electrons. The number of halogens is 1. The lowest BCUT2D eigenvalue weighted by molar-refractivity contribution is 0.102. The van der Waals surface area contributed by atoms with Crippen molar-refractivity contribution in [3.8, 4) is 11.6 Å². The van der Waals surface area contributed by atoms with Gasteiger partial charge in [0.15, 0.2) is 0 Å². The molecule has 0 fully saturated rings. The highest BCUT2D eigenvalue weighted by atomic mass is 35.5. The fraction of sp³-hybridized carbons (Fsp3) is 0.143. The smallest absolute Gasteiger partial charge is 0.255 e. The first kappa shape index (κ1) is 18.0. The topological polar surface area (TPSA) is 51.2 Å². The first-order chi connectivity index (χ1) is 12.4. The van der Waals surface area contributed by atoms with Gasteiger partial charge < -0.3 is 10.1 Å². The predicted octanol–water partition coefficient (Wildman–Crippen LogP) is 5.70. The largest absolute Gasteiger partial charge is 0.438 e. The molecule has 0 bridgehead atoms. The number of carbonyl (C=O) groups excluding carboxylic acids is 1. The Morgan fingerprint density at radius 3 is 2.46 bits per heavy atom. The van der Waals surface area contributed by atoms with Crippen LogP contribution in [0.2, 0.25) is 5.02 Å². The van der Waals surface area contributed by atoms with E-state index in [1.807, 2.05) is 57.2 Å². The summed E-state index contributed by atoms with van der Waals surface area (Å²) in [7, 11) is 0. The van der Waals surface area contributed by atoms with Crippen LogP contribution in [0.1, 0.15) is 27.0 Å². The molecule has 3 aromatic rings. The first-order valence-electron chi connectivity index (χ1n) is 8.21. The fourth-order valence-corrected chi connectivity index (χ4v) is 2.82. The van der Waals surface area contributed by atoms with Crippen molar-refractivity contribution in [3.05, 3.63) is 82.0 Å². The van der Waals surface area contributed by atoms with E-state index < -0.39 is 0 Å². The molecule has 132 valence electrons. The summed E-state index contributed by atoms with van der Waals surface area (Å²) in [5.74, 6) is 1.03. The minimum atomic E-state index is -0.161. The van der Waals surface area contributed by atoms with Crippen molar-refractivity contribution < 1.29 is 9.53 Å². The number of pyridine rings is 1. The van der Waals surface area contributed by atoms with E-state index in [1.165, 1.54) is 0 Å². The number of ether oxygens (including phenoxy) is 1. The van der Waals surface area contributed by atoms with Crippen LogP contribution >= 0.6 is 11.6 Å². The molecule has 0 aliphatic heterocycles. The van der Waals surface area contributed by atoms with E-state index >= 15 is 0 Å². The Hall–Kier alpha value is -2.85. The summed E-state index contributed by atoms with van der Waals surface area (Å²) in [4.78, 5) is 16.8. The molecule has 4 nitrogen and oxygen atoms in total. The van der Waals surface area contributed by atoms with E-state index in [1.54, 1.807) is 18.3 Å². The molecule has 0 saturated carbocycles. The van der Waals surface area contributed by atoms with Crippen LogP contribution in [0.25, 0.3) is 0 Å². The molecule has 1 heterocycles. The Bertz CT molecular complexity index is 970. The second-order valence-electron chi connectivity index (χ2n) is 6.13. The Morgan fingerprint density at radius 1 is 1.00 bits per heavy atom. The Balaban J connectivity index is 1.77. The van der Waals surface area contributed by atoms with E-state index in [0.717, 1.165) is 16.7 Å². The second-order valence-corrected chi connectivity index (χ2v) is 6.56. The molecule has 2 aromatic carbocycles. The van der Waals surface area contributed by atoms with Gasteiger partial charge in [-0.1, -0.05) is 29.8 Å². The summed E-state index contributed by atoms with van der Waals surface area (Å²) in [5, 5.41) is 3.54. The number of benzene rings is 2. The third-order valence-corrected chi connectivity index (χ3v) is 4.26. The highest BCUT2D eigenvalue weighted by Crippen LogP contribution is 2.29. The van der Waals surface area contributed by atoms with Crippen LogP contribution in [0.4, 0.5) is 5.69 Å². The third-order valence-electron chi connectivity index (χ3n) is 4.02. The van der Waals surface area contributed by atoms with Crippen molar-refractivity contribution in [1.82, 2.24) is 4.98 Å². The Labute approximate surface area is 157 Å². The summed E-state index contributed by atoms with van der Waals surface area (Å²) in [6.45, 7) is 5.72. The molecule has 3 rings (SSSR count). The predicted molar refractivity (Wildman–Crippen MR) is 104 cm³/mol. The number of hydrogen-bond donors (Lipinski definition) is 1. The SMILES string of the molecule is Cc1cc(Cl)ccc1Oc1ncc(NC(=O)c2ccccc2C)cc1C. The zero-order chi connectivity index (χ0) is 18.7. The quantitative estimate of drug-likeness (QED) is 0.643. The van der Waals surface area contributed by atoms with Crippen molar-refractivity contribution in [2.24, 2.45) is 0 Å². The van der Waals surface area contributed by atoms with E-state index in [-0.39, 0.29) is 5.91 Å². The van der Waals surface area contributed by atoms with Gasteiger partial charge in [0.2, 0.25) is 5.88 Å². The van der Waals surface area contributed by atoms with Crippen LogP contribution in [0, 0.1) is 20.8 Å². The van der Waals surface area contributed by atoms with Crippen LogP contribution in [0.5, 0.6) is 11.6 Å². The minimum absolute atomic E-state index is 0.161. The molecule has 0 aliphatic rings. The molecule has 0 spiro atoms. The molecule has 1 amide bonds. The van der Waals surface area contributed by atoms with E-state index in [9.17, 15) is 4.79 Å². The fourth-order valence-electron chi connectivity index (χ4n) is 2.60. The number of aromatic nitrogens is 1. The summed E-state index contributed by atoms with van der Waals surface area (Å²) in [5.41, 5.74) is 3.93. The molecule has 1 aromatic heterocycles. The van der Waals surface area contributed by atoms with Gasteiger partial charge in [0, 0.05) is 16.1 Å².